The zero-order chi connectivity index (χ0) is 14.1. The van der Waals surface area contributed by atoms with Gasteiger partial charge in [0.2, 0.25) is 0 Å². The maximum Gasteiger partial charge on any atom is 0.407 e. The predicted octanol–water partition coefficient (Wildman–Crippen LogP) is 0.926. The second-order valence-electron chi connectivity index (χ2n) is 3.87. The Kier molecular flexibility index (Phi) is 6.21. The molecule has 0 aliphatic rings. The first kappa shape index (κ1) is 14.8. The molecule has 1 aromatic carbocycles. The van der Waals surface area contributed by atoms with Crippen LogP contribution in [0, 0.1) is 0 Å². The molecular formula is C13H18N2O4. The first-order chi connectivity index (χ1) is 9.11. The van der Waals surface area contributed by atoms with E-state index in [-0.39, 0.29) is 19.1 Å². The number of hydrogen-bond acceptors (Lipinski definition) is 4. The first-order valence-electron chi connectivity index (χ1n) is 5.94. The number of para-hydroxylation sites is 1. The summed E-state index contributed by atoms with van der Waals surface area (Å²) in [4.78, 5) is 22.4. The van der Waals surface area contributed by atoms with E-state index < -0.39 is 12.2 Å². The molecule has 0 saturated carbocycles. The third-order valence-corrected chi connectivity index (χ3v) is 2.21. The molecule has 1 unspecified atom stereocenters. The van der Waals surface area contributed by atoms with Crippen LogP contribution >= 0.6 is 0 Å². The summed E-state index contributed by atoms with van der Waals surface area (Å²) < 4.78 is 10.2. The van der Waals surface area contributed by atoms with Gasteiger partial charge in [0, 0.05) is 7.05 Å². The van der Waals surface area contributed by atoms with Gasteiger partial charge in [-0.25, -0.2) is 4.79 Å². The van der Waals surface area contributed by atoms with Gasteiger partial charge in [-0.05, 0) is 19.1 Å². The number of carbonyl (C=O) groups is 2. The topological polar surface area (TPSA) is 76.7 Å². The lowest BCUT2D eigenvalue weighted by atomic mass is 10.3. The summed E-state index contributed by atoms with van der Waals surface area (Å²) in [5.41, 5.74) is 0. The van der Waals surface area contributed by atoms with Crippen LogP contribution in [0.3, 0.4) is 0 Å². The van der Waals surface area contributed by atoms with Crippen LogP contribution in [-0.2, 0) is 9.53 Å². The molecular weight excluding hydrogens is 248 g/mol. The Labute approximate surface area is 112 Å². The van der Waals surface area contributed by atoms with Crippen molar-refractivity contribution in [2.75, 3.05) is 20.2 Å². The number of carbonyl (C=O) groups excluding carboxylic acids is 2. The highest BCUT2D eigenvalue weighted by molar-refractivity contribution is 5.77. The highest BCUT2D eigenvalue weighted by Crippen LogP contribution is 2.07. The smallest absolute Gasteiger partial charge is 0.407 e. The van der Waals surface area contributed by atoms with Crippen molar-refractivity contribution >= 4 is 12.0 Å². The monoisotopic (exact) mass is 266 g/mol. The zero-order valence-electron chi connectivity index (χ0n) is 11.0. The van der Waals surface area contributed by atoms with E-state index in [2.05, 4.69) is 10.6 Å². The fourth-order valence-corrected chi connectivity index (χ4v) is 1.26. The van der Waals surface area contributed by atoms with E-state index in [1.807, 2.05) is 18.2 Å². The summed E-state index contributed by atoms with van der Waals surface area (Å²) in [6, 6.07) is 9.05. The minimum atomic E-state index is -0.526. The Morgan fingerprint density at radius 3 is 2.58 bits per heavy atom. The highest BCUT2D eigenvalue weighted by Gasteiger charge is 2.09. The van der Waals surface area contributed by atoms with Crippen molar-refractivity contribution in [1.29, 1.82) is 0 Å². The van der Waals surface area contributed by atoms with Gasteiger partial charge in [-0.1, -0.05) is 18.2 Å². The van der Waals surface area contributed by atoms with Gasteiger partial charge in [-0.3, -0.25) is 4.79 Å². The summed E-state index contributed by atoms with van der Waals surface area (Å²) in [5, 5.41) is 4.94. The van der Waals surface area contributed by atoms with Gasteiger partial charge in [-0.2, -0.15) is 0 Å². The number of amides is 2. The Bertz CT molecular complexity index is 408. The van der Waals surface area contributed by atoms with Gasteiger partial charge < -0.3 is 20.1 Å². The molecule has 0 aromatic heterocycles. The van der Waals surface area contributed by atoms with E-state index in [1.165, 1.54) is 7.05 Å². The maximum atomic E-state index is 11.5. The van der Waals surface area contributed by atoms with Gasteiger partial charge in [0.05, 0.1) is 6.54 Å². The number of nitrogens with one attached hydrogen (secondary N) is 2. The van der Waals surface area contributed by atoms with Crippen LogP contribution in [0.5, 0.6) is 5.75 Å². The standard InChI is InChI=1S/C13H18N2O4/c1-10(19-13(17)14-2)8-15-12(16)9-18-11-6-4-3-5-7-11/h3-7,10H,8-9H2,1-2H3,(H,14,17)(H,15,16). The molecule has 1 aromatic rings. The molecule has 0 aliphatic carbocycles. The fourth-order valence-electron chi connectivity index (χ4n) is 1.26. The summed E-state index contributed by atoms with van der Waals surface area (Å²) in [7, 11) is 1.47. The van der Waals surface area contributed by atoms with Crippen LogP contribution in [0.25, 0.3) is 0 Å². The molecule has 0 saturated heterocycles. The van der Waals surface area contributed by atoms with Crippen LogP contribution in [0.4, 0.5) is 4.79 Å². The molecule has 19 heavy (non-hydrogen) atoms. The van der Waals surface area contributed by atoms with Gasteiger partial charge in [0.15, 0.2) is 6.61 Å². The Balaban J connectivity index is 2.19. The SMILES string of the molecule is CNC(=O)OC(C)CNC(=O)COc1ccccc1. The lowest BCUT2D eigenvalue weighted by Crippen LogP contribution is -2.37. The normalized spacial score (nSPS) is 11.3. The van der Waals surface area contributed by atoms with Crippen molar-refractivity contribution in [3.05, 3.63) is 30.3 Å². The second kappa shape index (κ2) is 7.97. The lowest BCUT2D eigenvalue weighted by Gasteiger charge is -2.13. The summed E-state index contributed by atoms with van der Waals surface area (Å²) in [6.45, 7) is 1.86. The molecule has 1 rings (SSSR count). The number of rotatable bonds is 6. The minimum absolute atomic E-state index is 0.0727. The van der Waals surface area contributed by atoms with Crippen molar-refractivity contribution in [3.63, 3.8) is 0 Å². The number of hydrogen-bond donors (Lipinski definition) is 2. The van der Waals surface area contributed by atoms with Gasteiger partial charge >= 0.3 is 6.09 Å². The molecule has 0 aliphatic heterocycles. The van der Waals surface area contributed by atoms with Crippen LogP contribution < -0.4 is 15.4 Å². The number of alkyl carbamates (subject to hydrolysis) is 1. The second-order valence-corrected chi connectivity index (χ2v) is 3.87. The molecule has 6 heteroatoms. The van der Waals surface area contributed by atoms with E-state index in [0.29, 0.717) is 5.75 Å². The van der Waals surface area contributed by atoms with Crippen molar-refractivity contribution in [2.24, 2.45) is 0 Å². The molecule has 2 N–H and O–H groups in total. The van der Waals surface area contributed by atoms with Crippen LogP contribution in [-0.4, -0.2) is 38.3 Å². The highest BCUT2D eigenvalue weighted by atomic mass is 16.6. The summed E-state index contributed by atoms with van der Waals surface area (Å²) >= 11 is 0. The fraction of sp³-hybridized carbons (Fsp3) is 0.385. The predicted molar refractivity (Wildman–Crippen MR) is 69.9 cm³/mol. The average molecular weight is 266 g/mol. The molecule has 6 nitrogen and oxygen atoms in total. The maximum absolute atomic E-state index is 11.5. The largest absolute Gasteiger partial charge is 0.484 e. The Morgan fingerprint density at radius 2 is 1.95 bits per heavy atom. The van der Waals surface area contributed by atoms with E-state index >= 15 is 0 Å². The van der Waals surface area contributed by atoms with E-state index in [4.69, 9.17) is 9.47 Å². The van der Waals surface area contributed by atoms with Crippen LogP contribution in [0.1, 0.15) is 6.92 Å². The van der Waals surface area contributed by atoms with Crippen molar-refractivity contribution < 1.29 is 19.1 Å². The zero-order valence-corrected chi connectivity index (χ0v) is 11.0. The van der Waals surface area contributed by atoms with E-state index in [0.717, 1.165) is 0 Å². The summed E-state index contributed by atoms with van der Waals surface area (Å²) in [6.07, 6.45) is -0.928. The van der Waals surface area contributed by atoms with Crippen LogP contribution in [0.15, 0.2) is 30.3 Å². The molecule has 1 atom stereocenters. The molecule has 0 fully saturated rings. The third-order valence-electron chi connectivity index (χ3n) is 2.21. The Hall–Kier alpha value is -2.24. The van der Waals surface area contributed by atoms with Gasteiger partial charge in [0.25, 0.3) is 5.91 Å². The first-order valence-corrected chi connectivity index (χ1v) is 5.94. The van der Waals surface area contributed by atoms with E-state index in [9.17, 15) is 9.59 Å². The van der Waals surface area contributed by atoms with Gasteiger partial charge in [-0.15, -0.1) is 0 Å². The molecule has 104 valence electrons. The molecule has 0 bridgehead atoms. The van der Waals surface area contributed by atoms with Crippen molar-refractivity contribution in [3.8, 4) is 5.75 Å². The lowest BCUT2D eigenvalue weighted by molar-refractivity contribution is -0.123. The Morgan fingerprint density at radius 1 is 1.26 bits per heavy atom. The summed E-state index contributed by atoms with van der Waals surface area (Å²) in [5.74, 6) is 0.364. The average Bonchev–Trinajstić information content (AvgIpc) is 2.43. The minimum Gasteiger partial charge on any atom is -0.484 e. The van der Waals surface area contributed by atoms with E-state index in [1.54, 1.807) is 19.1 Å². The van der Waals surface area contributed by atoms with Crippen molar-refractivity contribution in [1.82, 2.24) is 10.6 Å². The molecule has 0 radical (unpaired) electrons. The third kappa shape index (κ3) is 6.30. The van der Waals surface area contributed by atoms with Crippen LogP contribution in [0.2, 0.25) is 0 Å². The molecule has 2 amide bonds. The van der Waals surface area contributed by atoms with Gasteiger partial charge in [0.1, 0.15) is 11.9 Å². The quantitative estimate of drug-likeness (QED) is 0.803. The number of ether oxygens (including phenoxy) is 2. The molecule has 0 heterocycles. The van der Waals surface area contributed by atoms with Crippen molar-refractivity contribution in [2.45, 2.75) is 13.0 Å². The number of benzene rings is 1. The molecule has 0 spiro atoms.